The maximum Gasteiger partial charge on any atom is 0.265 e. The van der Waals surface area contributed by atoms with Gasteiger partial charge in [-0.25, -0.2) is 17.5 Å². The first-order valence-electron chi connectivity index (χ1n) is 8.72. The van der Waals surface area contributed by atoms with Gasteiger partial charge in [-0.05, 0) is 62.2 Å². The highest BCUT2D eigenvalue weighted by molar-refractivity contribution is 7.89. The molecule has 1 aliphatic carbocycles. The number of amides is 1. The van der Waals surface area contributed by atoms with Gasteiger partial charge in [0.2, 0.25) is 10.0 Å². The second kappa shape index (κ2) is 8.15. The molecule has 1 saturated carbocycles. The number of hydrogen-bond donors (Lipinski definition) is 2. The Morgan fingerprint density at radius 1 is 1.18 bits per heavy atom. The SMILES string of the molecule is COc1ccc(S(=O)(=O)NC2CC2)cc1NC(=O)C(C)Oc1ccc(F)cc1. The van der Waals surface area contributed by atoms with Crippen molar-refractivity contribution in [3.8, 4) is 11.5 Å². The van der Waals surface area contributed by atoms with Gasteiger partial charge in [-0.3, -0.25) is 4.79 Å². The van der Waals surface area contributed by atoms with E-state index >= 15 is 0 Å². The van der Waals surface area contributed by atoms with Gasteiger partial charge in [-0.1, -0.05) is 0 Å². The van der Waals surface area contributed by atoms with E-state index in [0.717, 1.165) is 12.8 Å². The van der Waals surface area contributed by atoms with Crippen molar-refractivity contribution in [2.45, 2.75) is 36.8 Å². The van der Waals surface area contributed by atoms with Gasteiger partial charge in [-0.2, -0.15) is 0 Å². The van der Waals surface area contributed by atoms with Crippen LogP contribution in [0, 0.1) is 5.82 Å². The molecule has 1 fully saturated rings. The summed E-state index contributed by atoms with van der Waals surface area (Å²) in [4.78, 5) is 12.5. The zero-order valence-corrected chi connectivity index (χ0v) is 16.3. The van der Waals surface area contributed by atoms with Gasteiger partial charge in [0.05, 0.1) is 17.7 Å². The summed E-state index contributed by atoms with van der Waals surface area (Å²) in [5, 5.41) is 2.62. The van der Waals surface area contributed by atoms with Crippen LogP contribution in [0.1, 0.15) is 19.8 Å². The van der Waals surface area contributed by atoms with Gasteiger partial charge >= 0.3 is 0 Å². The molecule has 0 radical (unpaired) electrons. The van der Waals surface area contributed by atoms with Crippen LogP contribution in [0.3, 0.4) is 0 Å². The van der Waals surface area contributed by atoms with Crippen LogP contribution in [0.5, 0.6) is 11.5 Å². The molecule has 150 valence electrons. The van der Waals surface area contributed by atoms with E-state index in [1.807, 2.05) is 0 Å². The highest BCUT2D eigenvalue weighted by Gasteiger charge is 2.28. The van der Waals surface area contributed by atoms with Crippen molar-refractivity contribution in [3.63, 3.8) is 0 Å². The summed E-state index contributed by atoms with van der Waals surface area (Å²) in [5.41, 5.74) is 0.209. The zero-order chi connectivity index (χ0) is 20.3. The predicted octanol–water partition coefficient (Wildman–Crippen LogP) is 2.68. The third kappa shape index (κ3) is 4.99. The summed E-state index contributed by atoms with van der Waals surface area (Å²) in [7, 11) is -2.26. The van der Waals surface area contributed by atoms with Crippen LogP contribution >= 0.6 is 0 Å². The minimum absolute atomic E-state index is 0.0302. The van der Waals surface area contributed by atoms with E-state index in [9.17, 15) is 17.6 Å². The standard InChI is InChI=1S/C19H21FN2O5S/c1-12(27-15-7-3-13(20)4-8-15)19(23)21-17-11-16(9-10-18(17)26-2)28(24,25)22-14-5-6-14/h3-4,7-12,14,22H,5-6H2,1-2H3,(H,21,23). The van der Waals surface area contributed by atoms with E-state index in [1.165, 1.54) is 56.5 Å². The maximum atomic E-state index is 13.0. The molecule has 1 amide bonds. The normalized spacial score (nSPS) is 15.0. The second-order valence-electron chi connectivity index (χ2n) is 6.46. The van der Waals surface area contributed by atoms with E-state index in [2.05, 4.69) is 10.0 Å². The molecule has 28 heavy (non-hydrogen) atoms. The Hall–Kier alpha value is -2.65. The first kappa shape index (κ1) is 20.1. The van der Waals surface area contributed by atoms with Gasteiger partial charge in [0.1, 0.15) is 17.3 Å². The number of sulfonamides is 1. The monoisotopic (exact) mass is 408 g/mol. The van der Waals surface area contributed by atoms with Crippen LogP contribution < -0.4 is 19.5 Å². The molecule has 7 nitrogen and oxygen atoms in total. The van der Waals surface area contributed by atoms with Crippen LogP contribution in [0.4, 0.5) is 10.1 Å². The first-order chi connectivity index (χ1) is 13.3. The van der Waals surface area contributed by atoms with E-state index in [0.29, 0.717) is 11.5 Å². The number of hydrogen-bond acceptors (Lipinski definition) is 5. The van der Waals surface area contributed by atoms with Gasteiger partial charge in [0.15, 0.2) is 6.10 Å². The molecule has 1 aliphatic rings. The molecule has 1 atom stereocenters. The molecule has 2 aromatic rings. The number of carbonyl (C=O) groups excluding carboxylic acids is 1. The minimum atomic E-state index is -3.68. The lowest BCUT2D eigenvalue weighted by atomic mass is 10.2. The number of carbonyl (C=O) groups is 1. The van der Waals surface area contributed by atoms with Crippen LogP contribution in [0.25, 0.3) is 0 Å². The van der Waals surface area contributed by atoms with Crippen molar-refractivity contribution < 1.29 is 27.1 Å². The maximum absolute atomic E-state index is 13.0. The number of anilines is 1. The van der Waals surface area contributed by atoms with E-state index in [4.69, 9.17) is 9.47 Å². The molecule has 0 spiro atoms. The fourth-order valence-corrected chi connectivity index (χ4v) is 3.78. The van der Waals surface area contributed by atoms with Crippen molar-refractivity contribution in [3.05, 3.63) is 48.3 Å². The number of benzene rings is 2. The van der Waals surface area contributed by atoms with Gasteiger partial charge in [0, 0.05) is 6.04 Å². The van der Waals surface area contributed by atoms with Gasteiger partial charge < -0.3 is 14.8 Å². The topological polar surface area (TPSA) is 93.7 Å². The molecular formula is C19H21FN2O5S. The third-order valence-electron chi connectivity index (χ3n) is 4.13. The molecule has 9 heteroatoms. The molecule has 1 unspecified atom stereocenters. The van der Waals surface area contributed by atoms with Crippen molar-refractivity contribution in [2.75, 3.05) is 12.4 Å². The zero-order valence-electron chi connectivity index (χ0n) is 15.4. The molecule has 3 rings (SSSR count). The summed E-state index contributed by atoms with van der Waals surface area (Å²) >= 11 is 0. The van der Waals surface area contributed by atoms with E-state index < -0.39 is 27.9 Å². The molecular weight excluding hydrogens is 387 g/mol. The van der Waals surface area contributed by atoms with Crippen LogP contribution in [0.15, 0.2) is 47.4 Å². The molecule has 0 bridgehead atoms. The number of rotatable bonds is 8. The summed E-state index contributed by atoms with van der Waals surface area (Å²) in [6.45, 7) is 1.53. The summed E-state index contributed by atoms with van der Waals surface area (Å²) in [5.74, 6) is -0.270. The minimum Gasteiger partial charge on any atom is -0.495 e. The lowest BCUT2D eigenvalue weighted by Gasteiger charge is -2.17. The Kier molecular flexibility index (Phi) is 5.85. The van der Waals surface area contributed by atoms with Crippen molar-refractivity contribution in [1.29, 1.82) is 0 Å². The fourth-order valence-electron chi connectivity index (χ4n) is 2.45. The predicted molar refractivity (Wildman–Crippen MR) is 101 cm³/mol. The highest BCUT2D eigenvalue weighted by Crippen LogP contribution is 2.29. The lowest BCUT2D eigenvalue weighted by Crippen LogP contribution is -2.30. The molecule has 0 saturated heterocycles. The lowest BCUT2D eigenvalue weighted by molar-refractivity contribution is -0.122. The van der Waals surface area contributed by atoms with E-state index in [-0.39, 0.29) is 16.6 Å². The average Bonchev–Trinajstić information content (AvgIpc) is 3.46. The summed E-state index contributed by atoms with van der Waals surface area (Å²) < 4.78 is 51.1. The molecule has 2 aromatic carbocycles. The Morgan fingerprint density at radius 2 is 1.86 bits per heavy atom. The van der Waals surface area contributed by atoms with Crippen molar-refractivity contribution in [1.82, 2.24) is 4.72 Å². The van der Waals surface area contributed by atoms with Crippen LogP contribution in [-0.2, 0) is 14.8 Å². The Balaban J connectivity index is 1.74. The largest absolute Gasteiger partial charge is 0.495 e. The Morgan fingerprint density at radius 3 is 2.46 bits per heavy atom. The summed E-state index contributed by atoms with van der Waals surface area (Å²) in [6.07, 6.45) is 0.731. The van der Waals surface area contributed by atoms with Crippen molar-refractivity contribution >= 4 is 21.6 Å². The Labute approximate surface area is 162 Å². The number of halogens is 1. The molecule has 0 aromatic heterocycles. The fraction of sp³-hybridized carbons (Fsp3) is 0.316. The van der Waals surface area contributed by atoms with Gasteiger partial charge in [0.25, 0.3) is 5.91 Å². The average molecular weight is 408 g/mol. The number of ether oxygens (including phenoxy) is 2. The highest BCUT2D eigenvalue weighted by atomic mass is 32.2. The number of methoxy groups -OCH3 is 1. The van der Waals surface area contributed by atoms with Gasteiger partial charge in [-0.15, -0.1) is 0 Å². The van der Waals surface area contributed by atoms with E-state index in [1.54, 1.807) is 0 Å². The Bertz CT molecular complexity index is 959. The number of nitrogens with one attached hydrogen (secondary N) is 2. The smallest absolute Gasteiger partial charge is 0.265 e. The molecule has 0 heterocycles. The second-order valence-corrected chi connectivity index (χ2v) is 8.17. The van der Waals surface area contributed by atoms with Crippen LogP contribution in [0.2, 0.25) is 0 Å². The third-order valence-corrected chi connectivity index (χ3v) is 5.65. The molecule has 0 aliphatic heterocycles. The van der Waals surface area contributed by atoms with Crippen molar-refractivity contribution in [2.24, 2.45) is 0 Å². The quantitative estimate of drug-likeness (QED) is 0.701. The summed E-state index contributed by atoms with van der Waals surface area (Å²) in [6, 6.07) is 9.47. The van der Waals surface area contributed by atoms with Crippen LogP contribution in [-0.4, -0.2) is 33.6 Å². The first-order valence-corrected chi connectivity index (χ1v) is 10.2. The molecule has 2 N–H and O–H groups in total.